The first kappa shape index (κ1) is 26.9. The number of likely N-dealkylation sites (tertiary alicyclic amines) is 1. The minimum atomic E-state index is -0.595. The zero-order valence-electron chi connectivity index (χ0n) is 23.5. The van der Waals surface area contributed by atoms with Gasteiger partial charge in [0.15, 0.2) is 0 Å². The van der Waals surface area contributed by atoms with Gasteiger partial charge in [0.25, 0.3) is 0 Å². The lowest BCUT2D eigenvalue weighted by Gasteiger charge is -2.30. The van der Waals surface area contributed by atoms with Crippen LogP contribution in [0.5, 0.6) is 0 Å². The molecule has 39 heavy (non-hydrogen) atoms. The molecule has 2 aromatic carbocycles. The zero-order valence-corrected chi connectivity index (χ0v) is 23.5. The molecule has 208 valence electrons. The summed E-state index contributed by atoms with van der Waals surface area (Å²) in [6.45, 7) is 8.46. The summed E-state index contributed by atoms with van der Waals surface area (Å²) in [5.74, 6) is -0.0986. The number of carbonyl (C=O) groups excluding carboxylic acids is 2. The molecule has 3 aliphatic heterocycles. The Morgan fingerprint density at radius 3 is 2.41 bits per heavy atom. The molecule has 0 aromatic heterocycles. The summed E-state index contributed by atoms with van der Waals surface area (Å²) in [7, 11) is 1.29. The van der Waals surface area contributed by atoms with E-state index in [1.165, 1.54) is 30.3 Å². The average molecular weight is 532 g/mol. The molecule has 0 aliphatic carbocycles. The molecule has 0 bridgehead atoms. The Hall–Kier alpha value is -3.68. The summed E-state index contributed by atoms with van der Waals surface area (Å²) in [5, 5.41) is 9.51. The molecule has 2 fully saturated rings. The molecule has 3 atom stereocenters. The van der Waals surface area contributed by atoms with Gasteiger partial charge in [-0.3, -0.25) is 4.79 Å². The molecule has 3 aliphatic rings. The van der Waals surface area contributed by atoms with Gasteiger partial charge in [0.2, 0.25) is 5.91 Å². The van der Waals surface area contributed by atoms with Crippen molar-refractivity contribution in [3.8, 4) is 0 Å². The Balaban J connectivity index is 1.21. The monoisotopic (exact) mass is 531 g/mol. The van der Waals surface area contributed by atoms with Crippen molar-refractivity contribution in [1.29, 1.82) is 0 Å². The molecule has 8 heteroatoms. The van der Waals surface area contributed by atoms with Crippen LogP contribution in [0, 0.1) is 0 Å². The topological polar surface area (TPSA) is 85.9 Å². The largest absolute Gasteiger partial charge is 0.453 e. The lowest BCUT2D eigenvalue weighted by molar-refractivity contribution is -0.131. The van der Waals surface area contributed by atoms with Gasteiger partial charge in [0.05, 0.1) is 24.9 Å². The van der Waals surface area contributed by atoms with E-state index in [0.717, 1.165) is 37.1 Å². The van der Waals surface area contributed by atoms with Gasteiger partial charge in [-0.25, -0.2) is 4.79 Å². The summed E-state index contributed by atoms with van der Waals surface area (Å²) in [6.07, 6.45) is 5.54. The Morgan fingerprint density at radius 1 is 1.00 bits per heavy atom. The number of alkyl carbamates (subject to hydrolysis) is 1. The fourth-order valence-electron chi connectivity index (χ4n) is 6.03. The van der Waals surface area contributed by atoms with Gasteiger partial charge in [-0.2, -0.15) is 0 Å². The fourth-order valence-corrected chi connectivity index (χ4v) is 6.03. The van der Waals surface area contributed by atoms with Gasteiger partial charge in [-0.05, 0) is 59.9 Å². The first-order chi connectivity index (χ1) is 18.7. The van der Waals surface area contributed by atoms with Gasteiger partial charge >= 0.3 is 6.09 Å². The van der Waals surface area contributed by atoms with Crippen molar-refractivity contribution in [1.82, 2.24) is 20.9 Å². The Bertz CT molecular complexity index is 1200. The van der Waals surface area contributed by atoms with Crippen LogP contribution < -0.4 is 20.9 Å². The van der Waals surface area contributed by atoms with Crippen molar-refractivity contribution < 1.29 is 14.3 Å². The molecule has 0 saturated carbocycles. The second-order valence-corrected chi connectivity index (χ2v) is 11.8. The van der Waals surface area contributed by atoms with Crippen LogP contribution in [-0.2, 0) is 14.9 Å². The van der Waals surface area contributed by atoms with Gasteiger partial charge in [0, 0.05) is 25.0 Å². The molecule has 2 saturated heterocycles. The van der Waals surface area contributed by atoms with Crippen LogP contribution in [0.3, 0.4) is 0 Å². The van der Waals surface area contributed by atoms with E-state index in [9.17, 15) is 9.59 Å². The van der Waals surface area contributed by atoms with Crippen LogP contribution in [-0.4, -0.2) is 55.9 Å². The number of anilines is 1. The maximum atomic E-state index is 12.7. The van der Waals surface area contributed by atoms with Crippen LogP contribution in [0.2, 0.25) is 0 Å². The van der Waals surface area contributed by atoms with Crippen LogP contribution in [0.1, 0.15) is 69.2 Å². The standard InChI is InChI=1S/C31H41N5O3/c1-31(2,3)23-13-15-24(16-14-23)35-17-5-7-26(35)22-11-9-21(10-12-22)25-19-32-29(34-25)27-8-6-18-36(27)28(37)20-33-30(38)39-4/h9-16,19,26-27,29,32,34H,5-8,17-18,20H2,1-4H3,(H,33,38)/t26-,27+,29?/m1/s1. The first-order valence-corrected chi connectivity index (χ1v) is 14.1. The number of hydrogen-bond acceptors (Lipinski definition) is 6. The average Bonchev–Trinajstić information content (AvgIpc) is 3.71. The number of benzene rings is 2. The summed E-state index contributed by atoms with van der Waals surface area (Å²) in [5.41, 5.74) is 6.29. The number of hydrogen-bond donors (Lipinski definition) is 3. The molecule has 2 aromatic rings. The normalized spacial score (nSPS) is 22.8. The highest BCUT2D eigenvalue weighted by atomic mass is 16.5. The van der Waals surface area contributed by atoms with E-state index in [1.807, 2.05) is 11.1 Å². The minimum Gasteiger partial charge on any atom is -0.453 e. The third kappa shape index (κ3) is 5.84. The number of carbonyl (C=O) groups is 2. The lowest BCUT2D eigenvalue weighted by atomic mass is 9.87. The quantitative estimate of drug-likeness (QED) is 0.509. The Morgan fingerprint density at radius 2 is 1.72 bits per heavy atom. The second kappa shape index (κ2) is 11.2. The first-order valence-electron chi connectivity index (χ1n) is 14.1. The highest BCUT2D eigenvalue weighted by Gasteiger charge is 2.36. The molecule has 1 unspecified atom stereocenters. The van der Waals surface area contributed by atoms with Crippen LogP contribution in [0.4, 0.5) is 10.5 Å². The summed E-state index contributed by atoms with van der Waals surface area (Å²) < 4.78 is 4.58. The third-order valence-electron chi connectivity index (χ3n) is 8.22. The zero-order chi connectivity index (χ0) is 27.6. The third-order valence-corrected chi connectivity index (χ3v) is 8.22. The van der Waals surface area contributed by atoms with Crippen LogP contribution >= 0.6 is 0 Å². The van der Waals surface area contributed by atoms with E-state index in [-0.39, 0.29) is 30.1 Å². The molecule has 3 heterocycles. The number of ether oxygens (including phenoxy) is 1. The summed E-state index contributed by atoms with van der Waals surface area (Å²) >= 11 is 0. The van der Waals surface area contributed by atoms with Crippen molar-refractivity contribution in [3.05, 3.63) is 71.4 Å². The number of nitrogens with zero attached hydrogens (tertiary/aromatic N) is 2. The highest BCUT2D eigenvalue weighted by Crippen LogP contribution is 2.37. The molecule has 5 rings (SSSR count). The lowest BCUT2D eigenvalue weighted by Crippen LogP contribution is -2.53. The molecular formula is C31H41N5O3. The number of nitrogens with one attached hydrogen (secondary N) is 3. The maximum absolute atomic E-state index is 12.7. The van der Waals surface area contributed by atoms with E-state index < -0.39 is 6.09 Å². The predicted octanol–water partition coefficient (Wildman–Crippen LogP) is 4.49. The SMILES string of the molecule is COC(=O)NCC(=O)N1CCC[C@H]1C1NC=C(c2ccc([C@H]3CCCN3c3ccc(C(C)(C)C)cc3)cc2)N1. The van der Waals surface area contributed by atoms with E-state index >= 15 is 0 Å². The molecule has 8 nitrogen and oxygen atoms in total. The van der Waals surface area contributed by atoms with E-state index in [2.05, 4.69) is 94.9 Å². The number of amides is 2. The van der Waals surface area contributed by atoms with E-state index in [1.54, 1.807) is 0 Å². The Labute approximate surface area is 231 Å². The highest BCUT2D eigenvalue weighted by molar-refractivity contribution is 5.82. The van der Waals surface area contributed by atoms with Crippen molar-refractivity contribution >= 4 is 23.4 Å². The van der Waals surface area contributed by atoms with Crippen molar-refractivity contribution in [3.63, 3.8) is 0 Å². The summed E-state index contributed by atoms with van der Waals surface area (Å²) in [4.78, 5) is 28.5. The fraction of sp³-hybridized carbons (Fsp3) is 0.484. The maximum Gasteiger partial charge on any atom is 0.407 e. The van der Waals surface area contributed by atoms with E-state index in [4.69, 9.17) is 0 Å². The Kier molecular flexibility index (Phi) is 7.73. The van der Waals surface area contributed by atoms with Crippen molar-refractivity contribution in [2.75, 3.05) is 31.6 Å². The number of rotatable bonds is 6. The second-order valence-electron chi connectivity index (χ2n) is 11.8. The molecule has 0 radical (unpaired) electrons. The van der Waals surface area contributed by atoms with Crippen molar-refractivity contribution in [2.24, 2.45) is 0 Å². The van der Waals surface area contributed by atoms with Gasteiger partial charge in [-0.15, -0.1) is 0 Å². The van der Waals surface area contributed by atoms with Gasteiger partial charge in [0.1, 0.15) is 12.7 Å². The smallest absolute Gasteiger partial charge is 0.407 e. The number of methoxy groups -OCH3 is 1. The predicted molar refractivity (Wildman–Crippen MR) is 154 cm³/mol. The van der Waals surface area contributed by atoms with E-state index in [0.29, 0.717) is 12.6 Å². The molecule has 0 spiro atoms. The van der Waals surface area contributed by atoms with Crippen molar-refractivity contribution in [2.45, 2.75) is 70.1 Å². The minimum absolute atomic E-state index is 0.0155. The van der Waals surface area contributed by atoms with Gasteiger partial charge in [-0.1, -0.05) is 57.2 Å². The van der Waals surface area contributed by atoms with Gasteiger partial charge < -0.3 is 30.5 Å². The van der Waals surface area contributed by atoms with Crippen LogP contribution in [0.25, 0.3) is 5.70 Å². The molecular weight excluding hydrogens is 490 g/mol. The van der Waals surface area contributed by atoms with Crippen LogP contribution in [0.15, 0.2) is 54.7 Å². The summed E-state index contributed by atoms with van der Waals surface area (Å²) in [6, 6.07) is 18.4. The molecule has 2 amide bonds. The molecule has 3 N–H and O–H groups in total.